The first-order valence-corrected chi connectivity index (χ1v) is 11.8. The van der Waals surface area contributed by atoms with Crippen molar-refractivity contribution in [3.63, 3.8) is 0 Å². The van der Waals surface area contributed by atoms with Crippen LogP contribution in [0.15, 0.2) is 0 Å². The summed E-state index contributed by atoms with van der Waals surface area (Å²) in [5.41, 5.74) is 0. The maximum absolute atomic E-state index is 3.67. The predicted octanol–water partition coefficient (Wildman–Crippen LogP) is -0.164. The molecule has 0 heterocycles. The van der Waals surface area contributed by atoms with Crippen LogP contribution in [0.5, 0.6) is 0 Å². The zero-order valence-corrected chi connectivity index (χ0v) is 6.88. The van der Waals surface area contributed by atoms with Crippen LogP contribution in [-0.4, -0.2) is 24.5 Å². The van der Waals surface area contributed by atoms with Crippen LogP contribution < -0.4 is 0 Å². The van der Waals surface area contributed by atoms with Gasteiger partial charge in [0.15, 0.2) is 0 Å². The van der Waals surface area contributed by atoms with Gasteiger partial charge in [0.1, 0.15) is 0 Å². The van der Waals surface area contributed by atoms with Crippen molar-refractivity contribution in [1.29, 1.82) is 0 Å². The van der Waals surface area contributed by atoms with Gasteiger partial charge in [0.25, 0.3) is 0 Å². The molecular formula is C5H10W. The number of hydrogen-bond acceptors (Lipinski definition) is 0. The van der Waals surface area contributed by atoms with E-state index in [-0.39, 0.29) is 0 Å². The third-order valence-electron chi connectivity index (χ3n) is 0. The molecule has 0 N–H and O–H groups in total. The Morgan fingerprint density at radius 1 is 0.667 bits per heavy atom. The molecule has 0 spiro atoms. The maximum atomic E-state index is 3.67. The molecule has 0 aliphatic rings. The van der Waals surface area contributed by atoms with E-state index >= 15 is 0 Å². The van der Waals surface area contributed by atoms with Gasteiger partial charge in [0.05, 0.1) is 0 Å². The SMILES string of the molecule is [CH2]=[W](=[CH2])(=[CH2])(=[CH2])=[CH2]. The Morgan fingerprint density at radius 3 is 0.667 bits per heavy atom. The fourth-order valence-electron chi connectivity index (χ4n) is 0. The average molecular weight is 254 g/mol. The normalized spacial score (nSPS) is 10.0. The van der Waals surface area contributed by atoms with E-state index in [2.05, 4.69) is 24.5 Å². The Kier molecular flexibility index (Phi) is 0.821. The molecule has 0 aliphatic carbocycles. The second kappa shape index (κ2) is 0.815. The van der Waals surface area contributed by atoms with Gasteiger partial charge in [0, 0.05) is 0 Å². The molecular weight excluding hydrogens is 244 g/mol. The van der Waals surface area contributed by atoms with Crippen LogP contribution >= 0.6 is 0 Å². The van der Waals surface area contributed by atoms with Crippen LogP contribution in [0.25, 0.3) is 0 Å². The van der Waals surface area contributed by atoms with E-state index < -0.39 is 12.5 Å². The fourth-order valence-corrected chi connectivity index (χ4v) is 0. The molecule has 6 heavy (non-hydrogen) atoms. The second-order valence-electron chi connectivity index (χ2n) is 2.04. The monoisotopic (exact) mass is 254 g/mol. The van der Waals surface area contributed by atoms with E-state index in [0.717, 1.165) is 0 Å². The van der Waals surface area contributed by atoms with Gasteiger partial charge in [-0.3, -0.25) is 0 Å². The quantitative estimate of drug-likeness (QED) is 0.563. The third kappa shape index (κ3) is 25400. The van der Waals surface area contributed by atoms with E-state index in [9.17, 15) is 0 Å². The van der Waals surface area contributed by atoms with Crippen molar-refractivity contribution in [3.8, 4) is 0 Å². The molecule has 0 amide bonds. The summed E-state index contributed by atoms with van der Waals surface area (Å²) in [7, 11) is 0. The van der Waals surface area contributed by atoms with Crippen LogP contribution in [0.3, 0.4) is 0 Å². The molecule has 0 unspecified atom stereocenters. The Hall–Kier alpha value is 0.0383. The van der Waals surface area contributed by atoms with Crippen LogP contribution in [0, 0.1) is 0 Å². The summed E-state index contributed by atoms with van der Waals surface area (Å²) in [5.74, 6) is 0. The molecule has 0 aromatic heterocycles. The Bertz CT molecular complexity index is 274. The van der Waals surface area contributed by atoms with Gasteiger partial charge < -0.3 is 0 Å². The van der Waals surface area contributed by atoms with Gasteiger partial charge >= 0.3 is 37.0 Å². The van der Waals surface area contributed by atoms with Crippen molar-refractivity contribution in [2.45, 2.75) is 0 Å². The number of hydrogen-bond donors (Lipinski definition) is 0. The molecule has 36 valence electrons. The van der Waals surface area contributed by atoms with Gasteiger partial charge in [-0.05, 0) is 0 Å². The third-order valence-corrected chi connectivity index (χ3v) is 0. The summed E-state index contributed by atoms with van der Waals surface area (Å²) in [5, 5.41) is 0. The molecule has 0 rings (SSSR count). The minimum absolute atomic E-state index is 3.00. The van der Waals surface area contributed by atoms with E-state index in [1.54, 1.807) is 0 Å². The first kappa shape index (κ1) is 6.04. The van der Waals surface area contributed by atoms with Crippen molar-refractivity contribution in [2.24, 2.45) is 0 Å². The molecule has 0 nitrogen and oxygen atoms in total. The summed E-state index contributed by atoms with van der Waals surface area (Å²) >= 11 is -3.00. The van der Waals surface area contributed by atoms with Gasteiger partial charge in [0.2, 0.25) is 0 Å². The summed E-state index contributed by atoms with van der Waals surface area (Å²) in [6.07, 6.45) is 0. The van der Waals surface area contributed by atoms with E-state index in [0.29, 0.717) is 0 Å². The molecule has 1 heteroatoms. The summed E-state index contributed by atoms with van der Waals surface area (Å²) in [6.45, 7) is 0. The minimum atomic E-state index is -3.00. The van der Waals surface area contributed by atoms with Gasteiger partial charge in [-0.15, -0.1) is 0 Å². The van der Waals surface area contributed by atoms with Crippen molar-refractivity contribution >= 4 is 24.5 Å². The van der Waals surface area contributed by atoms with E-state index in [1.807, 2.05) is 0 Å². The molecule has 0 saturated heterocycles. The predicted molar refractivity (Wildman–Crippen MR) is 35.6 cm³/mol. The standard InChI is InChI=1S/5CH2.W/h5*1H2;. The topological polar surface area (TPSA) is 0 Å². The molecule has 0 saturated carbocycles. The fraction of sp³-hybridized carbons (Fsp3) is 0. The summed E-state index contributed by atoms with van der Waals surface area (Å²) < 4.78 is 0. The molecule has 0 aromatic carbocycles. The number of rotatable bonds is 0. The van der Waals surface area contributed by atoms with Gasteiger partial charge in [-0.1, -0.05) is 0 Å². The van der Waals surface area contributed by atoms with Gasteiger partial charge in [-0.2, -0.15) is 0 Å². The molecule has 0 aliphatic heterocycles. The molecule has 0 radical (unpaired) electrons. The molecule has 0 fully saturated rings. The summed E-state index contributed by atoms with van der Waals surface area (Å²) in [4.78, 5) is 18.3. The van der Waals surface area contributed by atoms with E-state index in [4.69, 9.17) is 0 Å². The van der Waals surface area contributed by atoms with Gasteiger partial charge in [-0.25, -0.2) is 0 Å². The Balaban J connectivity index is 7.45. The zero-order chi connectivity index (χ0) is 5.45. The molecule has 0 atom stereocenters. The average Bonchev–Trinajstić information content (AvgIpc) is 0.650. The van der Waals surface area contributed by atoms with Crippen LogP contribution in [0.4, 0.5) is 0 Å². The first-order chi connectivity index (χ1) is 2.24. The molecule has 0 bridgehead atoms. The van der Waals surface area contributed by atoms with Crippen LogP contribution in [0.2, 0.25) is 0 Å². The van der Waals surface area contributed by atoms with Crippen LogP contribution in [-0.2, 0) is 12.5 Å². The van der Waals surface area contributed by atoms with Crippen LogP contribution in [0.1, 0.15) is 0 Å². The first-order valence-electron chi connectivity index (χ1n) is 1.44. The van der Waals surface area contributed by atoms with Crippen molar-refractivity contribution in [2.75, 3.05) is 0 Å². The molecule has 0 aromatic rings. The zero-order valence-electron chi connectivity index (χ0n) is 3.94. The van der Waals surface area contributed by atoms with Crippen molar-refractivity contribution in [1.82, 2.24) is 0 Å². The Morgan fingerprint density at radius 2 is 0.667 bits per heavy atom. The van der Waals surface area contributed by atoms with Crippen molar-refractivity contribution < 1.29 is 12.5 Å². The second-order valence-corrected chi connectivity index (χ2v) is 16.7. The van der Waals surface area contributed by atoms with Crippen molar-refractivity contribution in [3.05, 3.63) is 0 Å². The summed E-state index contributed by atoms with van der Waals surface area (Å²) in [6, 6.07) is 0. The Labute approximate surface area is 37.4 Å². The van der Waals surface area contributed by atoms with E-state index in [1.165, 1.54) is 0 Å².